The van der Waals surface area contributed by atoms with E-state index in [0.29, 0.717) is 5.92 Å². The van der Waals surface area contributed by atoms with Crippen LogP contribution in [0.4, 0.5) is 5.82 Å². The van der Waals surface area contributed by atoms with Gasteiger partial charge >= 0.3 is 0 Å². The number of anilines is 1. The molecule has 0 amide bonds. The van der Waals surface area contributed by atoms with Crippen LogP contribution >= 0.6 is 0 Å². The van der Waals surface area contributed by atoms with E-state index in [0.717, 1.165) is 48.1 Å². The first-order valence-corrected chi connectivity index (χ1v) is 8.50. The summed E-state index contributed by atoms with van der Waals surface area (Å²) in [6, 6.07) is 6.01. The molecule has 3 aromatic heterocycles. The summed E-state index contributed by atoms with van der Waals surface area (Å²) in [5.41, 5.74) is 2.88. The number of piperidine rings is 1. The highest BCUT2D eigenvalue weighted by atomic mass is 15.2. The zero-order valence-corrected chi connectivity index (χ0v) is 13.8. The SMILES string of the molecule is C[C@@H]1CCNC[C@@H]1CNc1cncc(-c2cnn3ccccc23)n1. The second-order valence-electron chi connectivity index (χ2n) is 6.49. The lowest BCUT2D eigenvalue weighted by atomic mass is 9.88. The summed E-state index contributed by atoms with van der Waals surface area (Å²) in [7, 11) is 0. The lowest BCUT2D eigenvalue weighted by Gasteiger charge is -2.29. The standard InChI is InChI=1S/C18H22N6/c1-13-5-6-19-8-14(13)9-21-18-12-20-11-16(23-18)15-10-22-24-7-3-2-4-17(15)24/h2-4,7,10-14,19H,5-6,8-9H2,1H3,(H,21,23)/t13-,14-/m1/s1. The maximum Gasteiger partial charge on any atom is 0.145 e. The van der Waals surface area contributed by atoms with E-state index in [1.807, 2.05) is 35.1 Å². The molecule has 1 saturated heterocycles. The second-order valence-corrected chi connectivity index (χ2v) is 6.49. The van der Waals surface area contributed by atoms with Crippen LogP contribution in [0.15, 0.2) is 43.0 Å². The molecule has 0 unspecified atom stereocenters. The molecule has 4 rings (SSSR count). The van der Waals surface area contributed by atoms with Crippen LogP contribution in [0.1, 0.15) is 13.3 Å². The number of rotatable bonds is 4. The molecule has 124 valence electrons. The van der Waals surface area contributed by atoms with Crippen molar-refractivity contribution in [2.75, 3.05) is 25.0 Å². The fraction of sp³-hybridized carbons (Fsp3) is 0.389. The molecule has 6 nitrogen and oxygen atoms in total. The Morgan fingerprint density at radius 1 is 1.29 bits per heavy atom. The highest BCUT2D eigenvalue weighted by Crippen LogP contribution is 2.23. The van der Waals surface area contributed by atoms with Gasteiger partial charge in [-0.15, -0.1) is 0 Å². The zero-order valence-electron chi connectivity index (χ0n) is 13.8. The third kappa shape index (κ3) is 2.97. The number of nitrogens with one attached hydrogen (secondary N) is 2. The molecular formula is C18H22N6. The molecule has 0 bridgehead atoms. The van der Waals surface area contributed by atoms with E-state index in [4.69, 9.17) is 4.98 Å². The Morgan fingerprint density at radius 2 is 2.25 bits per heavy atom. The van der Waals surface area contributed by atoms with Gasteiger partial charge in [-0.05, 0) is 43.5 Å². The molecule has 6 heteroatoms. The van der Waals surface area contributed by atoms with Crippen molar-refractivity contribution in [2.24, 2.45) is 11.8 Å². The molecule has 0 aromatic carbocycles. The van der Waals surface area contributed by atoms with Gasteiger partial charge in [0, 0.05) is 18.3 Å². The molecule has 0 radical (unpaired) electrons. The van der Waals surface area contributed by atoms with Crippen LogP contribution in [0.25, 0.3) is 16.8 Å². The molecule has 0 spiro atoms. The highest BCUT2D eigenvalue weighted by Gasteiger charge is 2.20. The highest BCUT2D eigenvalue weighted by molar-refractivity contribution is 5.77. The van der Waals surface area contributed by atoms with Crippen molar-refractivity contribution in [3.05, 3.63) is 43.0 Å². The summed E-state index contributed by atoms with van der Waals surface area (Å²) in [6.07, 6.45) is 8.60. The maximum atomic E-state index is 4.73. The largest absolute Gasteiger partial charge is 0.368 e. The van der Waals surface area contributed by atoms with Crippen molar-refractivity contribution in [3.63, 3.8) is 0 Å². The fourth-order valence-electron chi connectivity index (χ4n) is 3.28. The molecule has 2 atom stereocenters. The van der Waals surface area contributed by atoms with E-state index in [1.165, 1.54) is 6.42 Å². The van der Waals surface area contributed by atoms with E-state index < -0.39 is 0 Å². The molecule has 4 heterocycles. The van der Waals surface area contributed by atoms with Crippen LogP contribution in [0, 0.1) is 11.8 Å². The van der Waals surface area contributed by atoms with E-state index in [9.17, 15) is 0 Å². The van der Waals surface area contributed by atoms with Gasteiger partial charge in [-0.1, -0.05) is 13.0 Å². The topological polar surface area (TPSA) is 67.1 Å². The van der Waals surface area contributed by atoms with E-state index in [2.05, 4.69) is 27.6 Å². The van der Waals surface area contributed by atoms with Crippen LogP contribution in [0.5, 0.6) is 0 Å². The third-order valence-corrected chi connectivity index (χ3v) is 4.87. The fourth-order valence-corrected chi connectivity index (χ4v) is 3.28. The number of aromatic nitrogens is 4. The van der Waals surface area contributed by atoms with Crippen LogP contribution in [0.3, 0.4) is 0 Å². The van der Waals surface area contributed by atoms with Crippen molar-refractivity contribution in [1.82, 2.24) is 24.9 Å². The summed E-state index contributed by atoms with van der Waals surface area (Å²) in [5, 5.41) is 11.3. The quantitative estimate of drug-likeness (QED) is 0.772. The van der Waals surface area contributed by atoms with E-state index in [-0.39, 0.29) is 0 Å². The average Bonchev–Trinajstić information content (AvgIpc) is 3.05. The van der Waals surface area contributed by atoms with Gasteiger partial charge in [-0.25, -0.2) is 9.50 Å². The van der Waals surface area contributed by atoms with Gasteiger partial charge in [0.2, 0.25) is 0 Å². The van der Waals surface area contributed by atoms with Gasteiger partial charge < -0.3 is 10.6 Å². The molecule has 1 aliphatic heterocycles. The van der Waals surface area contributed by atoms with Crippen molar-refractivity contribution in [2.45, 2.75) is 13.3 Å². The molecular weight excluding hydrogens is 300 g/mol. The normalized spacial score (nSPS) is 21.0. The summed E-state index contributed by atoms with van der Waals surface area (Å²) in [6.45, 7) is 5.44. The second kappa shape index (κ2) is 6.57. The first-order chi connectivity index (χ1) is 11.8. The van der Waals surface area contributed by atoms with Crippen LogP contribution < -0.4 is 10.6 Å². The summed E-state index contributed by atoms with van der Waals surface area (Å²) < 4.78 is 1.85. The number of fused-ring (bicyclic) bond motifs is 1. The van der Waals surface area contributed by atoms with Gasteiger partial charge in [-0.3, -0.25) is 4.98 Å². The van der Waals surface area contributed by atoms with E-state index in [1.54, 1.807) is 12.4 Å². The molecule has 1 aliphatic rings. The average molecular weight is 322 g/mol. The minimum absolute atomic E-state index is 0.626. The first kappa shape index (κ1) is 15.1. The lowest BCUT2D eigenvalue weighted by Crippen LogP contribution is -2.39. The lowest BCUT2D eigenvalue weighted by molar-refractivity contribution is 0.286. The molecule has 0 aliphatic carbocycles. The summed E-state index contributed by atoms with van der Waals surface area (Å²) in [5.74, 6) is 2.18. The van der Waals surface area contributed by atoms with Crippen LogP contribution in [0.2, 0.25) is 0 Å². The number of nitrogens with zero attached hydrogens (tertiary/aromatic N) is 4. The van der Waals surface area contributed by atoms with Crippen LogP contribution in [-0.2, 0) is 0 Å². The van der Waals surface area contributed by atoms with Crippen molar-refractivity contribution in [3.8, 4) is 11.3 Å². The minimum Gasteiger partial charge on any atom is -0.368 e. The molecule has 3 aromatic rings. The third-order valence-electron chi connectivity index (χ3n) is 4.87. The van der Waals surface area contributed by atoms with Crippen molar-refractivity contribution >= 4 is 11.3 Å². The van der Waals surface area contributed by atoms with Gasteiger partial charge in [0.05, 0.1) is 29.8 Å². The number of hydrogen-bond donors (Lipinski definition) is 2. The van der Waals surface area contributed by atoms with Gasteiger partial charge in [0.15, 0.2) is 0 Å². The monoisotopic (exact) mass is 322 g/mol. The smallest absolute Gasteiger partial charge is 0.145 e. The van der Waals surface area contributed by atoms with Crippen molar-refractivity contribution < 1.29 is 0 Å². The first-order valence-electron chi connectivity index (χ1n) is 8.50. The molecule has 24 heavy (non-hydrogen) atoms. The Kier molecular flexibility index (Phi) is 4.13. The Hall–Kier alpha value is -2.47. The Bertz CT molecular complexity index is 827. The predicted molar refractivity (Wildman–Crippen MR) is 94.8 cm³/mol. The maximum absolute atomic E-state index is 4.73. The summed E-state index contributed by atoms with van der Waals surface area (Å²) >= 11 is 0. The Labute approximate surface area is 141 Å². The molecule has 0 saturated carbocycles. The van der Waals surface area contributed by atoms with Gasteiger partial charge in [-0.2, -0.15) is 5.10 Å². The van der Waals surface area contributed by atoms with Gasteiger partial charge in [0.25, 0.3) is 0 Å². The molecule has 2 N–H and O–H groups in total. The Morgan fingerprint density at radius 3 is 3.17 bits per heavy atom. The van der Waals surface area contributed by atoms with Crippen LogP contribution in [-0.4, -0.2) is 39.2 Å². The van der Waals surface area contributed by atoms with Crippen molar-refractivity contribution in [1.29, 1.82) is 0 Å². The zero-order chi connectivity index (χ0) is 16.4. The van der Waals surface area contributed by atoms with E-state index >= 15 is 0 Å². The number of hydrogen-bond acceptors (Lipinski definition) is 5. The number of pyridine rings is 1. The Balaban J connectivity index is 1.53. The summed E-state index contributed by atoms with van der Waals surface area (Å²) in [4.78, 5) is 9.08. The predicted octanol–water partition coefficient (Wildman–Crippen LogP) is 2.45. The van der Waals surface area contributed by atoms with Gasteiger partial charge in [0.1, 0.15) is 5.82 Å². The molecule has 1 fully saturated rings. The minimum atomic E-state index is 0.626.